The molecule has 1 aromatic heterocycles. The van der Waals surface area contributed by atoms with Crippen LogP contribution in [0.2, 0.25) is 5.02 Å². The molecule has 176 valence electrons. The number of hydrogen-bond acceptors (Lipinski definition) is 3. The van der Waals surface area contributed by atoms with Gasteiger partial charge in [0.1, 0.15) is 5.75 Å². The molecule has 0 fully saturated rings. The van der Waals surface area contributed by atoms with Crippen LogP contribution in [0.5, 0.6) is 5.75 Å². The minimum atomic E-state index is -1.28. The van der Waals surface area contributed by atoms with E-state index < -0.39 is 11.6 Å². The van der Waals surface area contributed by atoms with Crippen LogP contribution in [0.3, 0.4) is 0 Å². The number of imidazole rings is 1. The lowest BCUT2D eigenvalue weighted by atomic mass is 10.1. The maximum Gasteiger partial charge on any atom is 0.347 e. The van der Waals surface area contributed by atoms with Crippen molar-refractivity contribution in [2.75, 3.05) is 0 Å². The standard InChI is InChI=1S/C26H31ClN2O4/c1-4-15-29-22(18-28(25(29)32)17-20-8-5-9-21(27)16-20)10-6-7-19-11-13-23(14-12-19)33-26(2,3)24(30)31/h5,8-9,11-14,16,18H,4,6-7,10,15,17H2,1-3H3,(H,30,31). The van der Waals surface area contributed by atoms with Crippen LogP contribution in [0, 0.1) is 0 Å². The number of carboxylic acid groups (broad SMARTS) is 1. The number of hydrogen-bond donors (Lipinski definition) is 1. The summed E-state index contributed by atoms with van der Waals surface area (Å²) < 4.78 is 9.19. The van der Waals surface area contributed by atoms with E-state index in [0.29, 0.717) is 23.9 Å². The molecule has 6 nitrogen and oxygen atoms in total. The third kappa shape index (κ3) is 6.51. The Hall–Kier alpha value is -2.99. The smallest absolute Gasteiger partial charge is 0.347 e. The van der Waals surface area contributed by atoms with E-state index in [1.54, 1.807) is 16.7 Å². The van der Waals surface area contributed by atoms with Gasteiger partial charge in [0.2, 0.25) is 0 Å². The predicted octanol–water partition coefficient (Wildman–Crippen LogP) is 5.18. The zero-order chi connectivity index (χ0) is 24.0. The normalized spacial score (nSPS) is 11.5. The number of aryl methyl sites for hydroxylation is 2. The molecule has 0 aliphatic heterocycles. The minimum absolute atomic E-state index is 0.00868. The van der Waals surface area contributed by atoms with Gasteiger partial charge in [-0.05, 0) is 74.9 Å². The van der Waals surface area contributed by atoms with Gasteiger partial charge in [0.15, 0.2) is 5.60 Å². The topological polar surface area (TPSA) is 73.5 Å². The molecule has 0 atom stereocenters. The molecule has 0 radical (unpaired) electrons. The molecule has 3 aromatic rings. The quantitative estimate of drug-likeness (QED) is 0.419. The maximum atomic E-state index is 12.9. The second kappa shape index (κ2) is 10.8. The lowest BCUT2D eigenvalue weighted by Crippen LogP contribution is -2.37. The van der Waals surface area contributed by atoms with Gasteiger partial charge >= 0.3 is 11.7 Å². The molecule has 0 aliphatic carbocycles. The van der Waals surface area contributed by atoms with Gasteiger partial charge in [0.05, 0.1) is 6.54 Å². The van der Waals surface area contributed by atoms with E-state index in [1.165, 1.54) is 13.8 Å². The molecule has 33 heavy (non-hydrogen) atoms. The molecule has 0 unspecified atom stereocenters. The molecule has 0 saturated heterocycles. The average Bonchev–Trinajstić information content (AvgIpc) is 3.04. The van der Waals surface area contributed by atoms with E-state index in [2.05, 4.69) is 6.92 Å². The molecule has 0 bridgehead atoms. The number of aromatic nitrogens is 2. The van der Waals surface area contributed by atoms with Crippen molar-refractivity contribution in [2.45, 2.75) is 65.1 Å². The lowest BCUT2D eigenvalue weighted by Gasteiger charge is -2.21. The summed E-state index contributed by atoms with van der Waals surface area (Å²) in [6.45, 7) is 6.31. The van der Waals surface area contributed by atoms with Gasteiger partial charge in [-0.15, -0.1) is 0 Å². The number of rotatable bonds is 11. The summed E-state index contributed by atoms with van der Waals surface area (Å²) in [4.78, 5) is 24.2. The van der Waals surface area contributed by atoms with Crippen LogP contribution in [0.15, 0.2) is 59.5 Å². The Kier molecular flexibility index (Phi) is 8.03. The van der Waals surface area contributed by atoms with Crippen LogP contribution in [0.4, 0.5) is 0 Å². The largest absolute Gasteiger partial charge is 0.478 e. The van der Waals surface area contributed by atoms with Crippen molar-refractivity contribution in [2.24, 2.45) is 0 Å². The van der Waals surface area contributed by atoms with Crippen molar-refractivity contribution in [1.29, 1.82) is 0 Å². The van der Waals surface area contributed by atoms with Gasteiger partial charge in [-0.2, -0.15) is 0 Å². The molecule has 0 aliphatic rings. The fraction of sp³-hybridized carbons (Fsp3) is 0.385. The number of carbonyl (C=O) groups is 1. The van der Waals surface area contributed by atoms with Crippen LogP contribution >= 0.6 is 11.6 Å². The highest BCUT2D eigenvalue weighted by Crippen LogP contribution is 2.20. The first kappa shape index (κ1) is 24.6. The summed E-state index contributed by atoms with van der Waals surface area (Å²) in [7, 11) is 0. The van der Waals surface area contributed by atoms with Gasteiger partial charge < -0.3 is 9.84 Å². The van der Waals surface area contributed by atoms with Crippen LogP contribution < -0.4 is 10.4 Å². The van der Waals surface area contributed by atoms with E-state index in [0.717, 1.165) is 42.5 Å². The van der Waals surface area contributed by atoms with Crippen molar-refractivity contribution >= 4 is 17.6 Å². The molecule has 7 heteroatoms. The van der Waals surface area contributed by atoms with Crippen molar-refractivity contribution in [3.8, 4) is 5.75 Å². The molecular formula is C26H31ClN2O4. The number of halogens is 1. The van der Waals surface area contributed by atoms with Gasteiger partial charge in [0, 0.05) is 23.5 Å². The zero-order valence-corrected chi connectivity index (χ0v) is 20.1. The molecule has 0 saturated carbocycles. The first-order chi connectivity index (χ1) is 15.7. The number of carboxylic acids is 1. The summed E-state index contributed by atoms with van der Waals surface area (Å²) in [5.74, 6) is -0.479. The Morgan fingerprint density at radius 2 is 1.82 bits per heavy atom. The van der Waals surface area contributed by atoms with Crippen molar-refractivity contribution in [3.63, 3.8) is 0 Å². The first-order valence-electron chi connectivity index (χ1n) is 11.2. The molecule has 3 rings (SSSR count). The Bertz CT molecular complexity index is 1150. The van der Waals surface area contributed by atoms with E-state index in [-0.39, 0.29) is 5.69 Å². The van der Waals surface area contributed by atoms with Crippen LogP contribution in [-0.4, -0.2) is 25.8 Å². The van der Waals surface area contributed by atoms with Gasteiger partial charge in [-0.25, -0.2) is 9.59 Å². The number of aliphatic carboxylic acids is 1. The molecule has 2 aromatic carbocycles. The van der Waals surface area contributed by atoms with E-state index in [9.17, 15) is 14.7 Å². The van der Waals surface area contributed by atoms with Crippen LogP contribution in [0.25, 0.3) is 0 Å². The summed E-state index contributed by atoms with van der Waals surface area (Å²) in [6, 6.07) is 15.1. The first-order valence-corrected chi connectivity index (χ1v) is 11.6. The summed E-state index contributed by atoms with van der Waals surface area (Å²) in [5, 5.41) is 9.86. The predicted molar refractivity (Wildman–Crippen MR) is 130 cm³/mol. The van der Waals surface area contributed by atoms with Crippen LogP contribution in [0.1, 0.15) is 50.4 Å². The van der Waals surface area contributed by atoms with Crippen molar-refractivity contribution < 1.29 is 14.6 Å². The summed E-state index contributed by atoms with van der Waals surface area (Å²) in [5.41, 5.74) is 1.90. The summed E-state index contributed by atoms with van der Waals surface area (Å²) >= 11 is 6.09. The van der Waals surface area contributed by atoms with Crippen molar-refractivity contribution in [1.82, 2.24) is 9.13 Å². The van der Waals surface area contributed by atoms with Gasteiger partial charge in [-0.1, -0.05) is 42.8 Å². The third-order valence-electron chi connectivity index (χ3n) is 5.53. The lowest BCUT2D eigenvalue weighted by molar-refractivity contribution is -0.152. The Labute approximate surface area is 199 Å². The monoisotopic (exact) mass is 470 g/mol. The zero-order valence-electron chi connectivity index (χ0n) is 19.4. The highest BCUT2D eigenvalue weighted by atomic mass is 35.5. The molecule has 1 N–H and O–H groups in total. The number of nitrogens with zero attached hydrogens (tertiary/aromatic N) is 2. The van der Waals surface area contributed by atoms with Gasteiger partial charge in [-0.3, -0.25) is 9.13 Å². The fourth-order valence-electron chi connectivity index (χ4n) is 3.73. The fourth-order valence-corrected chi connectivity index (χ4v) is 3.94. The Balaban J connectivity index is 1.64. The highest BCUT2D eigenvalue weighted by molar-refractivity contribution is 6.30. The number of benzene rings is 2. The number of ether oxygens (including phenoxy) is 1. The van der Waals surface area contributed by atoms with E-state index >= 15 is 0 Å². The Morgan fingerprint density at radius 1 is 1.09 bits per heavy atom. The Morgan fingerprint density at radius 3 is 2.45 bits per heavy atom. The highest BCUT2D eigenvalue weighted by Gasteiger charge is 2.29. The molecular weight excluding hydrogens is 440 g/mol. The second-order valence-electron chi connectivity index (χ2n) is 8.73. The van der Waals surface area contributed by atoms with Crippen molar-refractivity contribution in [3.05, 3.63) is 87.1 Å². The van der Waals surface area contributed by atoms with Crippen LogP contribution in [-0.2, 0) is 30.7 Å². The van der Waals surface area contributed by atoms with E-state index in [4.69, 9.17) is 16.3 Å². The average molecular weight is 471 g/mol. The van der Waals surface area contributed by atoms with Gasteiger partial charge in [0.25, 0.3) is 0 Å². The molecule has 0 amide bonds. The maximum absolute atomic E-state index is 12.9. The molecule has 1 heterocycles. The SMILES string of the molecule is CCCn1c(CCCc2ccc(OC(C)(C)C(=O)O)cc2)cn(Cc2cccc(Cl)c2)c1=O. The minimum Gasteiger partial charge on any atom is -0.478 e. The second-order valence-corrected chi connectivity index (χ2v) is 9.16. The third-order valence-corrected chi connectivity index (χ3v) is 5.76. The summed E-state index contributed by atoms with van der Waals surface area (Å²) in [6.07, 6.45) is 5.39. The van der Waals surface area contributed by atoms with E-state index in [1.807, 2.05) is 47.2 Å². The molecule has 0 spiro atoms.